The van der Waals surface area contributed by atoms with Crippen molar-refractivity contribution in [3.8, 4) is 5.75 Å². The van der Waals surface area contributed by atoms with Crippen molar-refractivity contribution in [2.24, 2.45) is 5.41 Å². The minimum Gasteiger partial charge on any atom is -0.490 e. The zero-order chi connectivity index (χ0) is 16.7. The number of carbonyl (C=O) groups is 1. The number of nitrogens with one attached hydrogen (secondary N) is 1. The highest BCUT2D eigenvalue weighted by Gasteiger charge is 2.50. The maximum Gasteiger partial charge on any atom is 0.223 e. The molecule has 1 aromatic heterocycles. The smallest absolute Gasteiger partial charge is 0.223 e. The van der Waals surface area contributed by atoms with E-state index in [1.54, 1.807) is 0 Å². The Hall–Kier alpha value is -1.62. The number of rotatable bonds is 2. The molecule has 4 heterocycles. The SMILES string of the molecule is CC.O=C1CCC2c3c(OC4CC5(CNC5)C4)ccnc3CCN12. The molecule has 1 aliphatic carbocycles. The van der Waals surface area contributed by atoms with Crippen LogP contribution in [0.1, 0.15) is 56.8 Å². The first-order valence-electron chi connectivity index (χ1n) is 9.39. The van der Waals surface area contributed by atoms with Gasteiger partial charge in [0.25, 0.3) is 0 Å². The summed E-state index contributed by atoms with van der Waals surface area (Å²) < 4.78 is 6.32. The molecule has 1 aromatic rings. The quantitative estimate of drug-likeness (QED) is 0.905. The van der Waals surface area contributed by atoms with E-state index in [1.807, 2.05) is 31.0 Å². The Labute approximate surface area is 143 Å². The van der Waals surface area contributed by atoms with Crippen molar-refractivity contribution in [2.75, 3.05) is 19.6 Å². The van der Waals surface area contributed by atoms with E-state index >= 15 is 0 Å². The average molecular weight is 329 g/mol. The van der Waals surface area contributed by atoms with Gasteiger partial charge in [-0.25, -0.2) is 0 Å². The number of aromatic nitrogens is 1. The lowest BCUT2D eigenvalue weighted by Gasteiger charge is -2.54. The predicted octanol–water partition coefficient (Wildman–Crippen LogP) is 2.46. The van der Waals surface area contributed by atoms with Crippen molar-refractivity contribution in [1.82, 2.24) is 15.2 Å². The van der Waals surface area contributed by atoms with Gasteiger partial charge < -0.3 is 15.0 Å². The first-order chi connectivity index (χ1) is 11.7. The van der Waals surface area contributed by atoms with E-state index < -0.39 is 0 Å². The standard InChI is InChI=1S/C17H21N3O2.C2H6/c21-15-2-1-13-16-12(4-6-20(13)15)19-5-3-14(16)22-11-7-17(8-11)9-18-10-17;1-2/h3,5,11,13,18H,1-2,4,6-10H2;1-2H3. The summed E-state index contributed by atoms with van der Waals surface area (Å²) in [5.74, 6) is 1.26. The minimum atomic E-state index is 0.194. The summed E-state index contributed by atoms with van der Waals surface area (Å²) >= 11 is 0. The van der Waals surface area contributed by atoms with Gasteiger partial charge in [0.2, 0.25) is 5.91 Å². The van der Waals surface area contributed by atoms with Crippen LogP contribution < -0.4 is 10.1 Å². The highest BCUT2D eigenvalue weighted by molar-refractivity contribution is 5.79. The van der Waals surface area contributed by atoms with Gasteiger partial charge in [0.05, 0.1) is 17.8 Å². The van der Waals surface area contributed by atoms with Gasteiger partial charge in [-0.15, -0.1) is 0 Å². The topological polar surface area (TPSA) is 54.5 Å². The molecule has 24 heavy (non-hydrogen) atoms. The summed E-state index contributed by atoms with van der Waals surface area (Å²) in [5, 5.41) is 3.36. The lowest BCUT2D eigenvalue weighted by molar-refractivity contribution is -0.129. The van der Waals surface area contributed by atoms with Crippen molar-refractivity contribution in [1.29, 1.82) is 0 Å². The first-order valence-corrected chi connectivity index (χ1v) is 9.39. The summed E-state index contributed by atoms with van der Waals surface area (Å²) in [6.45, 7) is 7.10. The summed E-state index contributed by atoms with van der Waals surface area (Å²) in [5.41, 5.74) is 2.84. The van der Waals surface area contributed by atoms with Crippen LogP contribution in [-0.2, 0) is 11.2 Å². The van der Waals surface area contributed by atoms with E-state index in [2.05, 4.69) is 10.3 Å². The molecule has 3 aliphatic heterocycles. The number of ether oxygens (including phenoxy) is 1. The number of hydrogen-bond acceptors (Lipinski definition) is 4. The van der Waals surface area contributed by atoms with Crippen LogP contribution in [0.3, 0.4) is 0 Å². The molecule has 5 heteroatoms. The Kier molecular flexibility index (Phi) is 3.99. The van der Waals surface area contributed by atoms with E-state index in [4.69, 9.17) is 4.74 Å². The van der Waals surface area contributed by atoms with Crippen LogP contribution in [0.4, 0.5) is 0 Å². The zero-order valence-electron chi connectivity index (χ0n) is 14.7. The van der Waals surface area contributed by atoms with Gasteiger partial charge in [-0.3, -0.25) is 9.78 Å². The molecule has 1 saturated carbocycles. The number of nitrogens with zero attached hydrogens (tertiary/aromatic N) is 2. The lowest BCUT2D eigenvalue weighted by atomic mass is 9.63. The average Bonchev–Trinajstić information content (AvgIpc) is 2.92. The largest absolute Gasteiger partial charge is 0.490 e. The van der Waals surface area contributed by atoms with Gasteiger partial charge in [0.15, 0.2) is 0 Å². The monoisotopic (exact) mass is 329 g/mol. The first kappa shape index (κ1) is 15.9. The molecule has 1 N–H and O–H groups in total. The van der Waals surface area contributed by atoms with E-state index in [1.165, 1.54) is 5.56 Å². The van der Waals surface area contributed by atoms with Crippen LogP contribution >= 0.6 is 0 Å². The van der Waals surface area contributed by atoms with Gasteiger partial charge in [-0.05, 0) is 25.3 Å². The van der Waals surface area contributed by atoms with Gasteiger partial charge in [-0.1, -0.05) is 13.8 Å². The molecule has 0 bridgehead atoms. The van der Waals surface area contributed by atoms with Crippen molar-refractivity contribution >= 4 is 5.91 Å². The maximum atomic E-state index is 12.0. The molecular formula is C19H27N3O2. The fraction of sp³-hybridized carbons (Fsp3) is 0.684. The Bertz CT molecular complexity index is 633. The third-order valence-electron chi connectivity index (χ3n) is 5.90. The predicted molar refractivity (Wildman–Crippen MR) is 91.9 cm³/mol. The molecule has 1 atom stereocenters. The van der Waals surface area contributed by atoms with Gasteiger partial charge >= 0.3 is 0 Å². The van der Waals surface area contributed by atoms with Crippen LogP contribution in [0.5, 0.6) is 5.75 Å². The molecule has 1 unspecified atom stereocenters. The molecule has 0 aromatic carbocycles. The third-order valence-corrected chi connectivity index (χ3v) is 5.90. The number of carbonyl (C=O) groups excluding carboxylic acids is 1. The van der Waals surface area contributed by atoms with E-state index in [-0.39, 0.29) is 11.9 Å². The summed E-state index contributed by atoms with van der Waals surface area (Å²) in [6, 6.07) is 2.19. The maximum absolute atomic E-state index is 12.0. The van der Waals surface area contributed by atoms with Crippen molar-refractivity contribution in [3.05, 3.63) is 23.5 Å². The van der Waals surface area contributed by atoms with Crippen LogP contribution in [0.25, 0.3) is 0 Å². The molecule has 0 radical (unpaired) electrons. The zero-order valence-corrected chi connectivity index (χ0v) is 14.7. The highest BCUT2D eigenvalue weighted by Crippen LogP contribution is 2.48. The molecular weight excluding hydrogens is 302 g/mol. The van der Waals surface area contributed by atoms with E-state index in [0.717, 1.165) is 56.8 Å². The number of fused-ring (bicyclic) bond motifs is 3. The van der Waals surface area contributed by atoms with Crippen LogP contribution in [-0.4, -0.2) is 41.5 Å². The number of amides is 1. The second-order valence-corrected chi connectivity index (χ2v) is 7.31. The van der Waals surface area contributed by atoms with Crippen molar-refractivity contribution in [3.63, 3.8) is 0 Å². The fourth-order valence-electron chi connectivity index (χ4n) is 4.63. The molecule has 5 nitrogen and oxygen atoms in total. The molecule has 1 spiro atoms. The third kappa shape index (κ3) is 2.41. The van der Waals surface area contributed by atoms with E-state index in [9.17, 15) is 4.79 Å². The Morgan fingerprint density at radius 1 is 1.29 bits per heavy atom. The Morgan fingerprint density at radius 2 is 2.08 bits per heavy atom. The minimum absolute atomic E-state index is 0.194. The van der Waals surface area contributed by atoms with Gasteiger partial charge in [0, 0.05) is 49.7 Å². The number of pyridine rings is 1. The molecule has 5 rings (SSSR count). The van der Waals surface area contributed by atoms with Crippen molar-refractivity contribution < 1.29 is 9.53 Å². The Morgan fingerprint density at radius 3 is 2.79 bits per heavy atom. The van der Waals surface area contributed by atoms with Crippen LogP contribution in [0.2, 0.25) is 0 Å². The second kappa shape index (κ2) is 6.03. The fourth-order valence-corrected chi connectivity index (χ4v) is 4.63. The summed E-state index contributed by atoms with van der Waals surface area (Å²) in [7, 11) is 0. The van der Waals surface area contributed by atoms with Crippen LogP contribution in [0, 0.1) is 5.41 Å². The molecule has 4 aliphatic rings. The summed E-state index contributed by atoms with van der Waals surface area (Å²) in [4.78, 5) is 18.6. The molecule has 3 fully saturated rings. The number of hydrogen-bond donors (Lipinski definition) is 1. The lowest BCUT2D eigenvalue weighted by Crippen LogP contribution is -2.62. The van der Waals surface area contributed by atoms with Crippen molar-refractivity contribution in [2.45, 2.75) is 58.1 Å². The van der Waals surface area contributed by atoms with E-state index in [0.29, 0.717) is 17.9 Å². The molecule has 130 valence electrons. The second-order valence-electron chi connectivity index (χ2n) is 7.31. The Balaban J connectivity index is 0.000000704. The van der Waals surface area contributed by atoms with Crippen LogP contribution in [0.15, 0.2) is 12.3 Å². The van der Waals surface area contributed by atoms with Gasteiger partial charge in [0.1, 0.15) is 5.75 Å². The normalized spacial score (nSPS) is 26.7. The summed E-state index contributed by atoms with van der Waals surface area (Å²) in [6.07, 6.45) is 6.94. The van der Waals surface area contributed by atoms with Gasteiger partial charge in [-0.2, -0.15) is 0 Å². The highest BCUT2D eigenvalue weighted by atomic mass is 16.5. The molecule has 1 amide bonds. The molecule has 2 saturated heterocycles.